The first kappa shape index (κ1) is 37.6. The molecule has 0 fully saturated rings. The highest BCUT2D eigenvalue weighted by molar-refractivity contribution is 6.16. The molecule has 10 aromatic carbocycles. The summed E-state index contributed by atoms with van der Waals surface area (Å²) >= 11 is 0. The number of fused-ring (bicyclic) bond motifs is 18. The lowest BCUT2D eigenvalue weighted by Crippen LogP contribution is -2.26. The van der Waals surface area contributed by atoms with Gasteiger partial charge in [0.05, 0.1) is 11.1 Å². The first-order valence-corrected chi connectivity index (χ1v) is 23.5. The molecule has 1 nitrogen and oxygen atoms in total. The molecule has 0 atom stereocenters. The molecular weight excluding hydrogens is 795 g/mol. The summed E-state index contributed by atoms with van der Waals surface area (Å²) in [4.78, 5) is 2.66. The van der Waals surface area contributed by atoms with Gasteiger partial charge in [0.25, 0.3) is 0 Å². The molecule has 0 N–H and O–H groups in total. The maximum atomic E-state index is 2.66. The van der Waals surface area contributed by atoms with Gasteiger partial charge in [0.15, 0.2) is 0 Å². The Morgan fingerprint density at radius 3 is 1.29 bits per heavy atom. The third kappa shape index (κ3) is 4.65. The summed E-state index contributed by atoms with van der Waals surface area (Å²) in [5, 5.41) is 2.57. The van der Waals surface area contributed by atoms with Crippen molar-refractivity contribution in [2.45, 2.75) is 43.9 Å². The Balaban J connectivity index is 1.15. The number of benzene rings is 10. The van der Waals surface area contributed by atoms with Crippen molar-refractivity contribution in [2.75, 3.05) is 4.90 Å². The van der Waals surface area contributed by atoms with E-state index in [1.807, 2.05) is 0 Å². The predicted octanol–water partition coefficient (Wildman–Crippen LogP) is 16.9. The van der Waals surface area contributed by atoms with E-state index in [0.717, 1.165) is 11.4 Å². The van der Waals surface area contributed by atoms with Crippen molar-refractivity contribution in [1.82, 2.24) is 0 Å². The molecule has 0 heterocycles. The van der Waals surface area contributed by atoms with Crippen LogP contribution < -0.4 is 4.90 Å². The number of hydrogen-bond donors (Lipinski definition) is 0. The predicted molar refractivity (Wildman–Crippen MR) is 275 cm³/mol. The third-order valence-electron chi connectivity index (χ3n) is 16.0. The van der Waals surface area contributed by atoms with Crippen molar-refractivity contribution in [3.8, 4) is 55.6 Å². The molecule has 0 radical (unpaired) electrons. The SMILES string of the molecule is CC1(C)c2ccccc2-c2ccc(N(c3ccc4c(c3)C3(c5ccccc5-c5ccccc53)c3ccccc3-4)c3c4c(c5ccccc5c3-c3ccccc3)C(C)(C)c3ccccc3-4)cc21. The van der Waals surface area contributed by atoms with E-state index < -0.39 is 5.41 Å². The minimum absolute atomic E-state index is 0.184. The number of nitrogens with zero attached hydrogens (tertiary/aromatic N) is 1. The summed E-state index contributed by atoms with van der Waals surface area (Å²) in [6.07, 6.45) is 0. The van der Waals surface area contributed by atoms with E-state index >= 15 is 0 Å². The zero-order chi connectivity index (χ0) is 44.1. The van der Waals surface area contributed by atoms with Crippen LogP contribution >= 0.6 is 0 Å². The van der Waals surface area contributed by atoms with Gasteiger partial charge < -0.3 is 4.90 Å². The topological polar surface area (TPSA) is 3.24 Å². The zero-order valence-corrected chi connectivity index (χ0v) is 37.7. The highest BCUT2D eigenvalue weighted by Crippen LogP contribution is 2.65. The summed E-state index contributed by atoms with van der Waals surface area (Å²) in [6, 6.07) is 80.7. The maximum Gasteiger partial charge on any atom is 0.0726 e. The molecular formula is C65H47N. The molecule has 14 rings (SSSR count). The lowest BCUT2D eigenvalue weighted by atomic mass is 9.70. The Bertz CT molecular complexity index is 3650. The standard InChI is InChI=1S/C65H47N/c1-63(2)52-29-15-10-22-43(52)47-36-34-41(38-57(47)63)66(62-59(40-20-6-5-7-21-40)49-26-8-9-27-50(49)61-60(62)51-28-14-16-30-53(51)64(61,3)4)42-35-37-48-46-25-13-19-33-56(46)65(58(48)39-42)54-31-17-11-23-44(54)45-24-12-18-32-55(45)65/h5-39H,1-4H3. The van der Waals surface area contributed by atoms with Crippen molar-refractivity contribution >= 4 is 27.8 Å². The van der Waals surface area contributed by atoms with Crippen LogP contribution in [0, 0.1) is 0 Å². The van der Waals surface area contributed by atoms with E-state index in [1.54, 1.807) is 0 Å². The molecule has 0 saturated carbocycles. The van der Waals surface area contributed by atoms with Crippen LogP contribution in [0.15, 0.2) is 212 Å². The van der Waals surface area contributed by atoms with E-state index in [2.05, 4.69) is 245 Å². The number of hydrogen-bond acceptors (Lipinski definition) is 1. The summed E-state index contributed by atoms with van der Waals surface area (Å²) in [5.41, 5.74) is 26.4. The second kappa shape index (κ2) is 13.2. The van der Waals surface area contributed by atoms with E-state index in [0.29, 0.717) is 0 Å². The van der Waals surface area contributed by atoms with Gasteiger partial charge in [-0.25, -0.2) is 0 Å². The summed E-state index contributed by atoms with van der Waals surface area (Å²) in [5.74, 6) is 0. The van der Waals surface area contributed by atoms with Gasteiger partial charge in [-0.1, -0.05) is 216 Å². The Kier molecular flexibility index (Phi) is 7.51. The Morgan fingerprint density at radius 1 is 0.303 bits per heavy atom. The van der Waals surface area contributed by atoms with Gasteiger partial charge in [-0.05, 0) is 124 Å². The van der Waals surface area contributed by atoms with E-state index in [9.17, 15) is 0 Å². The molecule has 4 aliphatic rings. The Morgan fingerprint density at radius 2 is 0.712 bits per heavy atom. The second-order valence-electron chi connectivity index (χ2n) is 19.9. The highest BCUT2D eigenvalue weighted by Gasteiger charge is 2.52. The summed E-state index contributed by atoms with van der Waals surface area (Å²) in [7, 11) is 0. The number of rotatable bonds is 4. The fraction of sp³-hybridized carbons (Fsp3) is 0.108. The lowest BCUT2D eigenvalue weighted by Gasteiger charge is -2.35. The molecule has 0 aromatic heterocycles. The van der Waals surface area contributed by atoms with Crippen LogP contribution in [0.3, 0.4) is 0 Å². The van der Waals surface area contributed by atoms with Crippen LogP contribution in [0.1, 0.15) is 72.2 Å². The molecule has 66 heavy (non-hydrogen) atoms. The van der Waals surface area contributed by atoms with E-state index in [1.165, 1.54) is 117 Å². The molecule has 0 bridgehead atoms. The van der Waals surface area contributed by atoms with Crippen molar-refractivity contribution in [1.29, 1.82) is 0 Å². The fourth-order valence-electron chi connectivity index (χ4n) is 13.3. The zero-order valence-electron chi connectivity index (χ0n) is 37.7. The van der Waals surface area contributed by atoms with Gasteiger partial charge in [0.2, 0.25) is 0 Å². The minimum atomic E-state index is -0.482. The molecule has 0 unspecified atom stereocenters. The van der Waals surface area contributed by atoms with Crippen LogP contribution in [0.2, 0.25) is 0 Å². The van der Waals surface area contributed by atoms with Gasteiger partial charge in [-0.3, -0.25) is 0 Å². The van der Waals surface area contributed by atoms with Crippen LogP contribution in [0.5, 0.6) is 0 Å². The maximum absolute atomic E-state index is 2.66. The van der Waals surface area contributed by atoms with Crippen LogP contribution in [-0.4, -0.2) is 0 Å². The van der Waals surface area contributed by atoms with Crippen molar-refractivity contribution in [3.05, 3.63) is 257 Å². The first-order chi connectivity index (χ1) is 32.3. The monoisotopic (exact) mass is 841 g/mol. The smallest absolute Gasteiger partial charge is 0.0726 e. The fourth-order valence-corrected chi connectivity index (χ4v) is 13.3. The normalized spacial score (nSPS) is 15.3. The van der Waals surface area contributed by atoms with Gasteiger partial charge in [-0.2, -0.15) is 0 Å². The highest BCUT2D eigenvalue weighted by atomic mass is 15.1. The van der Waals surface area contributed by atoms with Gasteiger partial charge >= 0.3 is 0 Å². The van der Waals surface area contributed by atoms with Gasteiger partial charge in [0.1, 0.15) is 0 Å². The molecule has 4 aliphatic carbocycles. The van der Waals surface area contributed by atoms with Crippen LogP contribution in [-0.2, 0) is 16.2 Å². The second-order valence-corrected chi connectivity index (χ2v) is 19.9. The molecule has 312 valence electrons. The van der Waals surface area contributed by atoms with E-state index in [4.69, 9.17) is 0 Å². The average molecular weight is 842 g/mol. The van der Waals surface area contributed by atoms with E-state index in [-0.39, 0.29) is 10.8 Å². The van der Waals surface area contributed by atoms with Crippen molar-refractivity contribution in [2.24, 2.45) is 0 Å². The molecule has 10 aromatic rings. The van der Waals surface area contributed by atoms with Gasteiger partial charge in [-0.15, -0.1) is 0 Å². The molecule has 1 spiro atoms. The average Bonchev–Trinajstić information content (AvgIpc) is 3.99. The van der Waals surface area contributed by atoms with Crippen molar-refractivity contribution < 1.29 is 0 Å². The summed E-state index contributed by atoms with van der Waals surface area (Å²) in [6.45, 7) is 9.67. The first-order valence-electron chi connectivity index (χ1n) is 23.5. The quantitative estimate of drug-likeness (QED) is 0.171. The Labute approximate surface area is 387 Å². The van der Waals surface area contributed by atoms with Crippen LogP contribution in [0.4, 0.5) is 17.1 Å². The molecule has 1 heteroatoms. The summed E-state index contributed by atoms with van der Waals surface area (Å²) < 4.78 is 0. The molecule has 0 aliphatic heterocycles. The number of anilines is 3. The minimum Gasteiger partial charge on any atom is -0.309 e. The van der Waals surface area contributed by atoms with Gasteiger partial charge in [0, 0.05) is 33.3 Å². The Hall–Kier alpha value is -7.74. The third-order valence-corrected chi connectivity index (χ3v) is 16.0. The van der Waals surface area contributed by atoms with Crippen LogP contribution in [0.25, 0.3) is 66.4 Å². The largest absolute Gasteiger partial charge is 0.309 e. The lowest BCUT2D eigenvalue weighted by molar-refractivity contribution is 0.660. The molecule has 0 amide bonds. The van der Waals surface area contributed by atoms with Crippen molar-refractivity contribution in [3.63, 3.8) is 0 Å². The molecule has 0 saturated heterocycles.